The van der Waals surface area contributed by atoms with E-state index in [4.69, 9.17) is 13.9 Å². The third-order valence-corrected chi connectivity index (χ3v) is 6.32. The Morgan fingerprint density at radius 2 is 1.21 bits per heavy atom. The maximum atomic E-state index is 12.1. The molecule has 1 aromatic carbocycles. The van der Waals surface area contributed by atoms with Gasteiger partial charge in [-0.15, -0.1) is 0 Å². The molecule has 2 aromatic rings. The third-order valence-electron chi connectivity index (χ3n) is 6.32. The molecule has 0 saturated heterocycles. The molecule has 0 spiro atoms. The zero-order chi connectivity index (χ0) is 24.4. The second kappa shape index (κ2) is 17.3. The summed E-state index contributed by atoms with van der Waals surface area (Å²) >= 11 is 0. The molecule has 0 aliphatic rings. The molecule has 0 amide bonds. The Bertz CT molecular complexity index is 857. The van der Waals surface area contributed by atoms with Crippen molar-refractivity contribution >= 4 is 11.0 Å². The summed E-state index contributed by atoms with van der Waals surface area (Å²) in [6, 6.07) is 5.35. The number of fused-ring (bicyclic) bond motifs is 1. The van der Waals surface area contributed by atoms with E-state index in [0.29, 0.717) is 29.9 Å². The Morgan fingerprint density at radius 3 is 1.76 bits per heavy atom. The lowest BCUT2D eigenvalue weighted by Gasteiger charge is -2.11. The van der Waals surface area contributed by atoms with E-state index in [-0.39, 0.29) is 5.75 Å². The van der Waals surface area contributed by atoms with Crippen LogP contribution in [-0.2, 0) is 0 Å². The summed E-state index contributed by atoms with van der Waals surface area (Å²) in [5, 5.41) is 10.8. The van der Waals surface area contributed by atoms with Crippen LogP contribution in [0.1, 0.15) is 117 Å². The first-order chi connectivity index (χ1) is 16.7. The summed E-state index contributed by atoms with van der Waals surface area (Å²) in [6.45, 7) is 5.58. The summed E-state index contributed by atoms with van der Waals surface area (Å²) in [5.74, 6) is 0.418. The van der Waals surface area contributed by atoms with Crippen molar-refractivity contribution in [1.82, 2.24) is 0 Å². The van der Waals surface area contributed by atoms with Crippen LogP contribution in [-0.4, -0.2) is 18.3 Å². The first kappa shape index (κ1) is 28.1. The molecule has 0 bridgehead atoms. The summed E-state index contributed by atoms with van der Waals surface area (Å²) in [7, 11) is 0. The predicted octanol–water partition coefficient (Wildman–Crippen LogP) is 8.54. The van der Waals surface area contributed by atoms with Crippen LogP contribution >= 0.6 is 0 Å². The SMILES string of the molecule is CCCCCCCCCCOc1ccc2c(OCCCCCCCCCC)c(O)c(=O)oc2c1. The van der Waals surface area contributed by atoms with Crippen LogP contribution in [0.4, 0.5) is 0 Å². The van der Waals surface area contributed by atoms with Gasteiger partial charge in [0.2, 0.25) is 5.75 Å². The summed E-state index contributed by atoms with van der Waals surface area (Å²) in [5.41, 5.74) is -0.402. The van der Waals surface area contributed by atoms with Crippen molar-refractivity contribution in [3.63, 3.8) is 0 Å². The van der Waals surface area contributed by atoms with Gasteiger partial charge in [0.15, 0.2) is 5.75 Å². The Morgan fingerprint density at radius 1 is 0.706 bits per heavy atom. The Labute approximate surface area is 205 Å². The van der Waals surface area contributed by atoms with E-state index >= 15 is 0 Å². The monoisotopic (exact) mass is 474 g/mol. The zero-order valence-corrected chi connectivity index (χ0v) is 21.5. The molecule has 2 rings (SSSR count). The number of hydrogen-bond acceptors (Lipinski definition) is 5. The van der Waals surface area contributed by atoms with Crippen LogP contribution < -0.4 is 15.1 Å². The van der Waals surface area contributed by atoms with Gasteiger partial charge in [0, 0.05) is 6.07 Å². The quantitative estimate of drug-likeness (QED) is 0.154. The molecule has 5 nitrogen and oxygen atoms in total. The van der Waals surface area contributed by atoms with Gasteiger partial charge in [0.1, 0.15) is 11.3 Å². The van der Waals surface area contributed by atoms with Gasteiger partial charge in [-0.05, 0) is 25.0 Å². The molecule has 5 heteroatoms. The molecule has 1 N–H and O–H groups in total. The molecular weight excluding hydrogens is 428 g/mol. The van der Waals surface area contributed by atoms with Crippen LogP contribution in [0, 0.1) is 0 Å². The lowest BCUT2D eigenvalue weighted by molar-refractivity contribution is 0.285. The Balaban J connectivity index is 1.77. The number of hydrogen-bond donors (Lipinski definition) is 1. The molecule has 1 aromatic heterocycles. The highest BCUT2D eigenvalue weighted by Gasteiger charge is 2.16. The van der Waals surface area contributed by atoms with Crippen molar-refractivity contribution in [1.29, 1.82) is 0 Å². The fraction of sp³-hybridized carbons (Fsp3) is 0.690. The van der Waals surface area contributed by atoms with E-state index in [1.165, 1.54) is 83.5 Å². The average molecular weight is 475 g/mol. The highest BCUT2D eigenvalue weighted by Crippen LogP contribution is 2.34. The number of benzene rings is 1. The van der Waals surface area contributed by atoms with Gasteiger partial charge in [0.05, 0.1) is 18.6 Å². The molecular formula is C29H46O5. The van der Waals surface area contributed by atoms with Gasteiger partial charge < -0.3 is 19.0 Å². The van der Waals surface area contributed by atoms with Crippen LogP contribution in [0.15, 0.2) is 27.4 Å². The molecule has 0 saturated carbocycles. The van der Waals surface area contributed by atoms with Crippen molar-refractivity contribution in [3.05, 3.63) is 28.6 Å². The van der Waals surface area contributed by atoms with Crippen molar-refractivity contribution in [2.75, 3.05) is 13.2 Å². The van der Waals surface area contributed by atoms with Gasteiger partial charge in [-0.25, -0.2) is 4.79 Å². The second-order valence-corrected chi connectivity index (χ2v) is 9.37. The normalized spacial score (nSPS) is 11.2. The molecule has 192 valence electrons. The lowest BCUT2D eigenvalue weighted by Crippen LogP contribution is -2.05. The fourth-order valence-corrected chi connectivity index (χ4v) is 4.22. The van der Waals surface area contributed by atoms with Gasteiger partial charge in [-0.2, -0.15) is 0 Å². The number of ether oxygens (including phenoxy) is 2. The highest BCUT2D eigenvalue weighted by atomic mass is 16.5. The van der Waals surface area contributed by atoms with Crippen LogP contribution in [0.5, 0.6) is 17.2 Å². The summed E-state index contributed by atoms with van der Waals surface area (Å²) < 4.78 is 17.0. The Hall–Kier alpha value is -2.17. The minimum absolute atomic E-state index is 0.212. The molecule has 0 atom stereocenters. The molecule has 0 fully saturated rings. The van der Waals surface area contributed by atoms with Gasteiger partial charge in [-0.1, -0.05) is 104 Å². The van der Waals surface area contributed by atoms with E-state index < -0.39 is 11.4 Å². The molecule has 1 heterocycles. The highest BCUT2D eigenvalue weighted by molar-refractivity contribution is 5.86. The van der Waals surface area contributed by atoms with Crippen molar-refractivity contribution in [2.24, 2.45) is 0 Å². The van der Waals surface area contributed by atoms with E-state index in [1.807, 2.05) is 6.07 Å². The smallest absolute Gasteiger partial charge is 0.382 e. The Kier molecular flexibility index (Phi) is 14.3. The standard InChI is InChI=1S/C29H46O5/c1-3-5-7-9-11-13-15-17-21-32-24-19-20-25-26(23-24)34-29(31)27(30)28(25)33-22-18-16-14-12-10-8-6-4-2/h19-20,23,30H,3-18,21-22H2,1-2H3. The minimum Gasteiger partial charge on any atom is -0.499 e. The molecule has 0 radical (unpaired) electrons. The lowest BCUT2D eigenvalue weighted by atomic mass is 10.1. The predicted molar refractivity (Wildman–Crippen MR) is 140 cm³/mol. The average Bonchev–Trinajstić information content (AvgIpc) is 2.84. The summed E-state index contributed by atoms with van der Waals surface area (Å²) in [6.07, 6.45) is 19.6. The molecule has 0 aliphatic carbocycles. The third kappa shape index (κ3) is 10.4. The van der Waals surface area contributed by atoms with E-state index in [9.17, 15) is 9.90 Å². The van der Waals surface area contributed by atoms with Gasteiger partial charge in [0.25, 0.3) is 0 Å². The molecule has 34 heavy (non-hydrogen) atoms. The molecule has 0 aliphatic heterocycles. The van der Waals surface area contributed by atoms with Gasteiger partial charge in [-0.3, -0.25) is 0 Å². The first-order valence-corrected chi connectivity index (χ1v) is 13.7. The van der Waals surface area contributed by atoms with Crippen molar-refractivity contribution < 1.29 is 19.0 Å². The largest absolute Gasteiger partial charge is 0.499 e. The summed E-state index contributed by atoms with van der Waals surface area (Å²) in [4.78, 5) is 12.1. The van der Waals surface area contributed by atoms with Crippen LogP contribution in [0.2, 0.25) is 0 Å². The van der Waals surface area contributed by atoms with Crippen molar-refractivity contribution in [2.45, 2.75) is 117 Å². The van der Waals surface area contributed by atoms with E-state index in [0.717, 1.165) is 19.3 Å². The zero-order valence-electron chi connectivity index (χ0n) is 21.5. The maximum Gasteiger partial charge on any atom is 0.382 e. The van der Waals surface area contributed by atoms with E-state index in [1.54, 1.807) is 12.1 Å². The van der Waals surface area contributed by atoms with Crippen LogP contribution in [0.25, 0.3) is 11.0 Å². The number of aromatic hydroxyl groups is 1. The minimum atomic E-state index is -0.779. The topological polar surface area (TPSA) is 68.9 Å². The maximum absolute atomic E-state index is 12.1. The van der Waals surface area contributed by atoms with Crippen LogP contribution in [0.3, 0.4) is 0 Å². The second-order valence-electron chi connectivity index (χ2n) is 9.37. The van der Waals surface area contributed by atoms with Crippen molar-refractivity contribution in [3.8, 4) is 17.2 Å². The molecule has 0 unspecified atom stereocenters. The fourth-order valence-electron chi connectivity index (χ4n) is 4.22. The first-order valence-electron chi connectivity index (χ1n) is 13.7. The number of unbranched alkanes of at least 4 members (excludes halogenated alkanes) is 14. The number of rotatable bonds is 20. The van der Waals surface area contributed by atoms with Gasteiger partial charge >= 0.3 is 5.63 Å². The van der Waals surface area contributed by atoms with E-state index in [2.05, 4.69) is 13.8 Å².